The number of rotatable bonds is 6. The lowest BCUT2D eigenvalue weighted by Gasteiger charge is -2.16. The average molecular weight is 366 g/mol. The van der Waals surface area contributed by atoms with Crippen LogP contribution in [0.15, 0.2) is 59.4 Å². The van der Waals surface area contributed by atoms with Gasteiger partial charge in [0, 0.05) is 10.8 Å². The van der Waals surface area contributed by atoms with Gasteiger partial charge in [-0.25, -0.2) is 0 Å². The molecule has 140 valence electrons. The van der Waals surface area contributed by atoms with Crippen molar-refractivity contribution < 1.29 is 19.7 Å². The summed E-state index contributed by atoms with van der Waals surface area (Å²) in [4.78, 5) is 25.2. The van der Waals surface area contributed by atoms with Gasteiger partial charge in [-0.2, -0.15) is 0 Å². The molecule has 3 aromatic rings. The van der Waals surface area contributed by atoms with Gasteiger partial charge in [-0.1, -0.05) is 61.5 Å². The number of hydrogen-bond donors (Lipinski definition) is 2. The largest absolute Gasteiger partial charge is 0.462 e. The van der Waals surface area contributed by atoms with Gasteiger partial charge in [-0.3, -0.25) is 9.59 Å². The molecule has 0 saturated carbocycles. The minimum absolute atomic E-state index is 0.0427. The quantitative estimate of drug-likeness (QED) is 0.656. The van der Waals surface area contributed by atoms with E-state index in [9.17, 15) is 14.7 Å². The Morgan fingerprint density at radius 1 is 1.04 bits per heavy atom. The maximum absolute atomic E-state index is 12.8. The predicted octanol–water partition coefficient (Wildman–Crippen LogP) is 2.74. The lowest BCUT2D eigenvalue weighted by atomic mass is 9.94. The number of carbonyl (C=O) groups excluding carboxylic acids is 1. The van der Waals surface area contributed by atoms with Gasteiger partial charge in [-0.15, -0.1) is 0 Å². The molecule has 0 amide bonds. The number of benzene rings is 2. The SMILES string of the molecule is CCC(C(=O)OCC(O)CO)c1ccc2c(=O)c3ccccc3ccc2c1. The third-order valence-electron chi connectivity index (χ3n) is 4.69. The number of aliphatic hydroxyl groups is 2. The summed E-state index contributed by atoms with van der Waals surface area (Å²) in [5.41, 5.74) is 0.710. The second kappa shape index (κ2) is 8.29. The van der Waals surface area contributed by atoms with Crippen molar-refractivity contribution >= 4 is 27.5 Å². The van der Waals surface area contributed by atoms with Gasteiger partial charge in [0.25, 0.3) is 0 Å². The Kier molecular flexibility index (Phi) is 5.84. The summed E-state index contributed by atoms with van der Waals surface area (Å²) in [5.74, 6) is -0.965. The lowest BCUT2D eigenvalue weighted by molar-refractivity contribution is -0.149. The highest BCUT2D eigenvalue weighted by atomic mass is 16.5. The molecule has 5 heteroatoms. The first-order chi connectivity index (χ1) is 13.0. The van der Waals surface area contributed by atoms with Gasteiger partial charge >= 0.3 is 5.97 Å². The van der Waals surface area contributed by atoms with Crippen molar-refractivity contribution in [1.82, 2.24) is 0 Å². The van der Waals surface area contributed by atoms with Crippen LogP contribution < -0.4 is 5.43 Å². The Bertz CT molecular complexity index is 1030. The van der Waals surface area contributed by atoms with Crippen LogP contribution in [0, 0.1) is 0 Å². The minimum Gasteiger partial charge on any atom is -0.462 e. The Balaban J connectivity index is 2.01. The van der Waals surface area contributed by atoms with E-state index < -0.39 is 24.6 Å². The van der Waals surface area contributed by atoms with Crippen molar-refractivity contribution in [1.29, 1.82) is 0 Å². The van der Waals surface area contributed by atoms with Crippen LogP contribution in [0.3, 0.4) is 0 Å². The molecule has 0 heterocycles. The fourth-order valence-electron chi connectivity index (χ4n) is 3.19. The van der Waals surface area contributed by atoms with E-state index in [1.165, 1.54) is 0 Å². The first kappa shape index (κ1) is 19.0. The normalized spacial score (nSPS) is 13.4. The molecule has 0 aliphatic rings. The van der Waals surface area contributed by atoms with Gasteiger partial charge in [0.05, 0.1) is 12.5 Å². The van der Waals surface area contributed by atoms with E-state index in [0.29, 0.717) is 17.2 Å². The predicted molar refractivity (Wildman–Crippen MR) is 105 cm³/mol. The molecule has 0 aliphatic carbocycles. The third-order valence-corrected chi connectivity index (χ3v) is 4.69. The molecule has 0 aromatic heterocycles. The molecule has 0 aliphatic heterocycles. The smallest absolute Gasteiger partial charge is 0.313 e. The number of ether oxygens (including phenoxy) is 1. The van der Waals surface area contributed by atoms with Crippen LogP contribution in [0.4, 0.5) is 0 Å². The van der Waals surface area contributed by atoms with E-state index in [-0.39, 0.29) is 12.0 Å². The number of fused-ring (bicyclic) bond motifs is 2. The first-order valence-electron chi connectivity index (χ1n) is 8.96. The van der Waals surface area contributed by atoms with Crippen molar-refractivity contribution in [2.75, 3.05) is 13.2 Å². The van der Waals surface area contributed by atoms with E-state index in [1.807, 2.05) is 49.4 Å². The number of esters is 1. The zero-order valence-corrected chi connectivity index (χ0v) is 15.1. The maximum atomic E-state index is 12.8. The highest BCUT2D eigenvalue weighted by molar-refractivity contribution is 5.94. The summed E-state index contributed by atoms with van der Waals surface area (Å²) in [5, 5.41) is 21.1. The summed E-state index contributed by atoms with van der Waals surface area (Å²) in [6, 6.07) is 16.6. The highest BCUT2D eigenvalue weighted by Gasteiger charge is 2.21. The first-order valence-corrected chi connectivity index (χ1v) is 8.96. The fraction of sp³-hybridized carbons (Fsp3) is 0.273. The van der Waals surface area contributed by atoms with Gasteiger partial charge in [-0.05, 0) is 22.8 Å². The molecule has 2 N–H and O–H groups in total. The molecule has 2 unspecified atom stereocenters. The maximum Gasteiger partial charge on any atom is 0.313 e. The Labute approximate surface area is 156 Å². The van der Waals surface area contributed by atoms with Crippen LogP contribution in [0.1, 0.15) is 24.8 Å². The summed E-state index contributed by atoms with van der Waals surface area (Å²) in [6.45, 7) is 1.16. The number of aliphatic hydroxyl groups excluding tert-OH is 2. The number of carbonyl (C=O) groups is 1. The molecule has 3 aromatic carbocycles. The van der Waals surface area contributed by atoms with Crippen molar-refractivity contribution in [3.8, 4) is 0 Å². The van der Waals surface area contributed by atoms with Crippen LogP contribution in [0.5, 0.6) is 0 Å². The molecule has 3 rings (SSSR count). The molecule has 27 heavy (non-hydrogen) atoms. The molecular formula is C22H22O5. The van der Waals surface area contributed by atoms with Crippen molar-refractivity contribution in [3.63, 3.8) is 0 Å². The standard InChI is InChI=1S/C22H22O5/c1-2-18(22(26)27-13-17(24)12-23)15-9-10-20-16(11-15)8-7-14-5-3-4-6-19(14)21(20)25/h3-11,17-18,23-24H,2,12-13H2,1H3. The molecule has 5 nitrogen and oxygen atoms in total. The monoisotopic (exact) mass is 366 g/mol. The zero-order valence-electron chi connectivity index (χ0n) is 15.1. The highest BCUT2D eigenvalue weighted by Crippen LogP contribution is 2.25. The lowest BCUT2D eigenvalue weighted by Crippen LogP contribution is -2.24. The van der Waals surface area contributed by atoms with Crippen LogP contribution in [0.2, 0.25) is 0 Å². The van der Waals surface area contributed by atoms with Crippen molar-refractivity contribution in [2.24, 2.45) is 0 Å². The Morgan fingerprint density at radius 2 is 1.74 bits per heavy atom. The molecule has 0 radical (unpaired) electrons. The van der Waals surface area contributed by atoms with Gasteiger partial charge in [0.1, 0.15) is 12.7 Å². The summed E-state index contributed by atoms with van der Waals surface area (Å²) in [7, 11) is 0. The molecular weight excluding hydrogens is 344 g/mol. The van der Waals surface area contributed by atoms with E-state index >= 15 is 0 Å². The van der Waals surface area contributed by atoms with Gasteiger partial charge in [0.2, 0.25) is 0 Å². The zero-order chi connectivity index (χ0) is 19.4. The third kappa shape index (κ3) is 3.99. The number of hydrogen-bond acceptors (Lipinski definition) is 5. The topological polar surface area (TPSA) is 83.8 Å². The molecule has 0 saturated heterocycles. The molecule has 0 spiro atoms. The summed E-state index contributed by atoms with van der Waals surface area (Å²) < 4.78 is 5.11. The van der Waals surface area contributed by atoms with Gasteiger partial charge < -0.3 is 14.9 Å². The van der Waals surface area contributed by atoms with Crippen LogP contribution in [-0.2, 0) is 9.53 Å². The molecule has 0 fully saturated rings. The summed E-state index contributed by atoms with van der Waals surface area (Å²) in [6.07, 6.45) is -0.567. The Hall–Kier alpha value is -2.76. The van der Waals surface area contributed by atoms with E-state index in [4.69, 9.17) is 9.84 Å². The molecule has 2 atom stereocenters. The van der Waals surface area contributed by atoms with Crippen LogP contribution >= 0.6 is 0 Å². The van der Waals surface area contributed by atoms with Crippen molar-refractivity contribution in [2.45, 2.75) is 25.4 Å². The minimum atomic E-state index is -1.09. The second-order valence-corrected chi connectivity index (χ2v) is 6.52. The van der Waals surface area contributed by atoms with E-state index in [2.05, 4.69) is 0 Å². The van der Waals surface area contributed by atoms with Crippen LogP contribution in [0.25, 0.3) is 21.5 Å². The van der Waals surface area contributed by atoms with E-state index in [0.717, 1.165) is 16.3 Å². The van der Waals surface area contributed by atoms with Crippen LogP contribution in [-0.4, -0.2) is 35.5 Å². The molecule has 0 bridgehead atoms. The Morgan fingerprint density at radius 3 is 2.48 bits per heavy atom. The van der Waals surface area contributed by atoms with Gasteiger partial charge in [0.15, 0.2) is 5.43 Å². The van der Waals surface area contributed by atoms with Crippen molar-refractivity contribution in [3.05, 3.63) is 70.4 Å². The fourth-order valence-corrected chi connectivity index (χ4v) is 3.19. The summed E-state index contributed by atoms with van der Waals surface area (Å²) >= 11 is 0. The van der Waals surface area contributed by atoms with E-state index in [1.54, 1.807) is 12.1 Å². The second-order valence-electron chi connectivity index (χ2n) is 6.52. The average Bonchev–Trinajstić information content (AvgIpc) is 2.84.